The number of thiophene rings is 1. The highest BCUT2D eigenvalue weighted by molar-refractivity contribution is 8.04. The van der Waals surface area contributed by atoms with Gasteiger partial charge in [-0.1, -0.05) is 28.5 Å². The predicted octanol–water partition coefficient (Wildman–Crippen LogP) is 3.24. The number of allylic oxidation sites excluding steroid dienone is 1. The molecule has 3 aromatic rings. The van der Waals surface area contributed by atoms with Crippen molar-refractivity contribution in [1.29, 1.82) is 0 Å². The molecular weight excluding hydrogens is 614 g/mol. The molecule has 5 heterocycles. The molecule has 3 aromatic heterocycles. The normalized spacial score (nSPS) is 19.7. The van der Waals surface area contributed by atoms with Crippen LogP contribution in [0.5, 0.6) is 0 Å². The van der Waals surface area contributed by atoms with E-state index in [1.807, 2.05) is 0 Å². The van der Waals surface area contributed by atoms with Crippen LogP contribution in [-0.2, 0) is 14.4 Å². The summed E-state index contributed by atoms with van der Waals surface area (Å²) in [6, 6.07) is 2.12. The molecule has 0 aromatic carbocycles. The van der Waals surface area contributed by atoms with Crippen molar-refractivity contribution in [1.82, 2.24) is 15.2 Å². The van der Waals surface area contributed by atoms with Crippen LogP contribution in [0.4, 0.5) is 5.13 Å². The standard InChI is InChI=1S/C21H14ClN5O6S5/c22-11-3-8-10(28)4-12(38-20(8)37-11)34-2-1-7-5-35-18-14(17(30)27(18)15(7)19(31)32)25-16(29)13(26-33)9-6-36-21(23)24-9/h1-4,6,14,18,33H,5H2,(H2,23,24)(H,25,29)(H,31,32)/b2-1+,26-13+/t14?,18-/m1/s1. The Labute approximate surface area is 238 Å². The highest BCUT2D eigenvalue weighted by Crippen LogP contribution is 2.41. The summed E-state index contributed by atoms with van der Waals surface area (Å²) in [6.45, 7) is 0. The van der Waals surface area contributed by atoms with Crippen molar-refractivity contribution in [3.8, 4) is 0 Å². The number of nitrogens with two attached hydrogens (primary N) is 1. The van der Waals surface area contributed by atoms with E-state index < -0.39 is 34.9 Å². The van der Waals surface area contributed by atoms with E-state index in [0.29, 0.717) is 19.5 Å². The third-order valence-electron chi connectivity index (χ3n) is 5.40. The van der Waals surface area contributed by atoms with Gasteiger partial charge in [0.1, 0.15) is 22.8 Å². The van der Waals surface area contributed by atoms with Crippen molar-refractivity contribution in [2.24, 2.45) is 5.16 Å². The fourth-order valence-corrected chi connectivity index (χ4v) is 9.33. The van der Waals surface area contributed by atoms with E-state index >= 15 is 0 Å². The van der Waals surface area contributed by atoms with Crippen LogP contribution < -0.4 is 16.5 Å². The summed E-state index contributed by atoms with van der Waals surface area (Å²) in [5.74, 6) is -2.48. The van der Waals surface area contributed by atoms with Gasteiger partial charge in [-0.05, 0) is 23.1 Å². The summed E-state index contributed by atoms with van der Waals surface area (Å²) >= 11 is 12.3. The van der Waals surface area contributed by atoms with Crippen molar-refractivity contribution < 1.29 is 24.7 Å². The lowest BCUT2D eigenvalue weighted by molar-refractivity contribution is -0.150. The van der Waals surface area contributed by atoms with Gasteiger partial charge in [-0.3, -0.25) is 19.3 Å². The van der Waals surface area contributed by atoms with Gasteiger partial charge in [0.25, 0.3) is 11.8 Å². The van der Waals surface area contributed by atoms with Gasteiger partial charge >= 0.3 is 5.97 Å². The Balaban J connectivity index is 1.31. The molecule has 0 spiro atoms. The first kappa shape index (κ1) is 26.7. The van der Waals surface area contributed by atoms with Gasteiger partial charge in [0.15, 0.2) is 16.3 Å². The molecule has 2 atom stereocenters. The molecule has 11 nitrogen and oxygen atoms in total. The quantitative estimate of drug-likeness (QED) is 0.100. The third kappa shape index (κ3) is 4.94. The molecule has 2 aliphatic heterocycles. The molecule has 0 bridgehead atoms. The lowest BCUT2D eigenvalue weighted by atomic mass is 10.0. The van der Waals surface area contributed by atoms with Gasteiger partial charge in [-0.15, -0.1) is 45.8 Å². The average molecular weight is 628 g/mol. The Hall–Kier alpha value is -2.89. The van der Waals surface area contributed by atoms with Crippen LogP contribution in [0.3, 0.4) is 0 Å². The van der Waals surface area contributed by atoms with E-state index in [9.17, 15) is 29.5 Å². The molecule has 0 saturated carbocycles. The van der Waals surface area contributed by atoms with Gasteiger partial charge in [0.05, 0.1) is 17.9 Å². The summed E-state index contributed by atoms with van der Waals surface area (Å²) in [4.78, 5) is 55.0. The number of halogens is 1. The molecule has 2 amide bonds. The number of oxime groups is 1. The number of hydrogen-bond acceptors (Lipinski definition) is 13. The monoisotopic (exact) mass is 627 g/mol. The lowest BCUT2D eigenvalue weighted by Gasteiger charge is -2.49. The lowest BCUT2D eigenvalue weighted by Crippen LogP contribution is -2.71. The number of nitrogen functional groups attached to an aromatic ring is 1. The molecule has 1 saturated heterocycles. The van der Waals surface area contributed by atoms with E-state index in [4.69, 9.17) is 17.3 Å². The first-order chi connectivity index (χ1) is 18.2. The van der Waals surface area contributed by atoms with Crippen molar-refractivity contribution in [3.63, 3.8) is 0 Å². The predicted molar refractivity (Wildman–Crippen MR) is 151 cm³/mol. The second-order valence-corrected chi connectivity index (χ2v) is 13.9. The number of fused-ring (bicyclic) bond motifs is 2. The number of carbonyl (C=O) groups excluding carboxylic acids is 2. The molecule has 5 rings (SSSR count). The number of aliphatic carboxylic acids is 1. The Morgan fingerprint density at radius 3 is 2.79 bits per heavy atom. The van der Waals surface area contributed by atoms with Crippen LogP contribution in [0.15, 0.2) is 54.4 Å². The number of nitrogens with one attached hydrogen (secondary N) is 1. The summed E-state index contributed by atoms with van der Waals surface area (Å²) in [5, 5.41) is 27.8. The Morgan fingerprint density at radius 2 is 2.11 bits per heavy atom. The molecule has 1 unspecified atom stereocenters. The Morgan fingerprint density at radius 1 is 1.32 bits per heavy atom. The molecule has 38 heavy (non-hydrogen) atoms. The first-order valence-corrected chi connectivity index (χ1v) is 15.2. The van der Waals surface area contributed by atoms with Crippen LogP contribution in [0, 0.1) is 0 Å². The van der Waals surface area contributed by atoms with Gasteiger partial charge in [0, 0.05) is 17.2 Å². The van der Waals surface area contributed by atoms with Crippen molar-refractivity contribution in [3.05, 3.63) is 60.5 Å². The first-order valence-electron chi connectivity index (χ1n) is 10.4. The van der Waals surface area contributed by atoms with E-state index in [1.54, 1.807) is 17.6 Å². The number of β-lactam (4-membered cyclic amide) rings is 1. The van der Waals surface area contributed by atoms with Crippen LogP contribution in [0.1, 0.15) is 5.69 Å². The van der Waals surface area contributed by atoms with Crippen molar-refractivity contribution in [2.45, 2.75) is 15.6 Å². The minimum Gasteiger partial charge on any atom is -0.477 e. The van der Waals surface area contributed by atoms with Crippen LogP contribution in [0.25, 0.3) is 9.40 Å². The van der Waals surface area contributed by atoms with E-state index in [-0.39, 0.29) is 27.7 Å². The van der Waals surface area contributed by atoms with E-state index in [0.717, 1.165) is 20.3 Å². The number of amides is 2. The minimum atomic E-state index is -1.28. The number of carbonyl (C=O) groups is 3. The number of thioether (sulfide) groups is 2. The number of carboxylic acids is 1. The zero-order valence-electron chi connectivity index (χ0n) is 18.6. The second-order valence-electron chi connectivity index (χ2n) is 7.66. The van der Waals surface area contributed by atoms with Crippen LogP contribution in [0.2, 0.25) is 4.34 Å². The molecular formula is C21H14ClN5O6S5. The number of hydrogen-bond donors (Lipinski definition) is 4. The molecule has 0 aliphatic carbocycles. The van der Waals surface area contributed by atoms with E-state index in [2.05, 4.69) is 15.5 Å². The number of anilines is 1. The molecule has 1 fully saturated rings. The summed E-state index contributed by atoms with van der Waals surface area (Å²) in [6.07, 6.45) is 1.60. The van der Waals surface area contributed by atoms with Crippen molar-refractivity contribution >= 4 is 107 Å². The molecule has 2 aliphatic rings. The smallest absolute Gasteiger partial charge is 0.352 e. The van der Waals surface area contributed by atoms with Crippen LogP contribution >= 0.6 is 69.1 Å². The fraction of sp³-hybridized carbons (Fsp3) is 0.143. The maximum Gasteiger partial charge on any atom is 0.352 e. The van der Waals surface area contributed by atoms with Gasteiger partial charge in [0.2, 0.25) is 0 Å². The Bertz CT molecular complexity index is 1640. The minimum absolute atomic E-state index is 0.0508. The molecule has 5 N–H and O–H groups in total. The summed E-state index contributed by atoms with van der Waals surface area (Å²) in [7, 11) is 0. The zero-order chi connectivity index (χ0) is 27.1. The Kier molecular flexibility index (Phi) is 7.52. The maximum atomic E-state index is 12.9. The number of nitrogens with zero attached hydrogens (tertiary/aromatic N) is 3. The second kappa shape index (κ2) is 10.7. The average Bonchev–Trinajstić information content (AvgIpc) is 3.47. The number of thiazole rings is 1. The largest absolute Gasteiger partial charge is 0.477 e. The molecule has 0 radical (unpaired) electrons. The highest BCUT2D eigenvalue weighted by Gasteiger charge is 2.54. The number of aromatic nitrogens is 1. The number of rotatable bonds is 7. The zero-order valence-corrected chi connectivity index (χ0v) is 23.5. The summed E-state index contributed by atoms with van der Waals surface area (Å²) in [5.41, 5.74) is 5.28. The summed E-state index contributed by atoms with van der Waals surface area (Å²) < 4.78 is 2.03. The third-order valence-corrected chi connectivity index (χ3v) is 10.8. The SMILES string of the molecule is Nc1nc(/C(=N\O)C(=O)NC2C(=O)N3C(C(=O)O)=C(/C=C/Sc4cc(=O)c5cc(Cl)sc5s4)CS[C@H]23)cs1. The fourth-order valence-electron chi connectivity index (χ4n) is 3.73. The van der Waals surface area contributed by atoms with Gasteiger partial charge in [-0.25, -0.2) is 9.78 Å². The van der Waals surface area contributed by atoms with Gasteiger partial charge < -0.3 is 21.4 Å². The van der Waals surface area contributed by atoms with Crippen LogP contribution in [-0.4, -0.2) is 60.9 Å². The van der Waals surface area contributed by atoms with Crippen molar-refractivity contribution in [2.75, 3.05) is 11.5 Å². The van der Waals surface area contributed by atoms with Gasteiger partial charge in [-0.2, -0.15) is 0 Å². The number of carboxylic acid groups (broad SMARTS) is 1. The molecule has 196 valence electrons. The topological polar surface area (TPSA) is 175 Å². The highest BCUT2D eigenvalue weighted by atomic mass is 35.5. The van der Waals surface area contributed by atoms with E-state index in [1.165, 1.54) is 57.6 Å². The molecule has 17 heteroatoms. The maximum absolute atomic E-state index is 12.9.